The molecule has 1 unspecified atom stereocenters. The fourth-order valence-corrected chi connectivity index (χ4v) is 3.57. The highest BCUT2D eigenvalue weighted by molar-refractivity contribution is 6.00. The molecule has 1 aliphatic heterocycles. The number of nitrogens with one attached hydrogen (secondary N) is 1. The molecule has 0 bridgehead atoms. The Morgan fingerprint density at radius 2 is 1.75 bits per heavy atom. The minimum absolute atomic E-state index is 0.159. The Bertz CT molecular complexity index is 508. The van der Waals surface area contributed by atoms with Gasteiger partial charge in [-0.3, -0.25) is 10.1 Å². The standard InChI is InChI=1S/C16H19NO3/c18-14-16(11-20-15(19)17-14,12-7-3-1-4-8-12)13-9-5-2-6-10-13/h1,3-4,7-8,13H,2,5-6,9-11H2,(H,17,18,19). The molecule has 4 nitrogen and oxygen atoms in total. The fourth-order valence-electron chi connectivity index (χ4n) is 3.57. The molecule has 106 valence electrons. The normalized spacial score (nSPS) is 27.8. The second-order valence-electron chi connectivity index (χ2n) is 5.70. The topological polar surface area (TPSA) is 55.4 Å². The quantitative estimate of drug-likeness (QED) is 0.901. The van der Waals surface area contributed by atoms with Crippen molar-refractivity contribution in [3.05, 3.63) is 35.9 Å². The summed E-state index contributed by atoms with van der Waals surface area (Å²) in [5, 5.41) is 2.37. The maximum absolute atomic E-state index is 12.6. The lowest BCUT2D eigenvalue weighted by Gasteiger charge is -2.43. The molecule has 2 aliphatic rings. The highest BCUT2D eigenvalue weighted by Gasteiger charge is 2.51. The van der Waals surface area contributed by atoms with Gasteiger partial charge in [0, 0.05) is 0 Å². The molecule has 1 aromatic rings. The van der Waals surface area contributed by atoms with Gasteiger partial charge in [0.05, 0.1) is 0 Å². The van der Waals surface area contributed by atoms with Crippen LogP contribution in [-0.4, -0.2) is 18.6 Å². The van der Waals surface area contributed by atoms with E-state index in [1.807, 2.05) is 30.3 Å². The maximum atomic E-state index is 12.6. The first kappa shape index (κ1) is 13.2. The number of imide groups is 1. The van der Waals surface area contributed by atoms with Gasteiger partial charge in [0.15, 0.2) is 0 Å². The van der Waals surface area contributed by atoms with Crippen molar-refractivity contribution < 1.29 is 14.3 Å². The van der Waals surface area contributed by atoms with E-state index in [9.17, 15) is 9.59 Å². The fraction of sp³-hybridized carbons (Fsp3) is 0.500. The smallest absolute Gasteiger partial charge is 0.413 e. The number of ether oxygens (including phenoxy) is 1. The summed E-state index contributed by atoms with van der Waals surface area (Å²) in [5.41, 5.74) is 0.243. The van der Waals surface area contributed by atoms with Crippen molar-refractivity contribution in [2.75, 3.05) is 6.61 Å². The highest BCUT2D eigenvalue weighted by atomic mass is 16.6. The van der Waals surface area contributed by atoms with E-state index in [0.717, 1.165) is 31.2 Å². The zero-order chi connectivity index (χ0) is 14.0. The Morgan fingerprint density at radius 1 is 1.05 bits per heavy atom. The predicted molar refractivity (Wildman–Crippen MR) is 74.2 cm³/mol. The van der Waals surface area contributed by atoms with Crippen LogP contribution >= 0.6 is 0 Å². The van der Waals surface area contributed by atoms with Crippen LogP contribution in [0, 0.1) is 5.92 Å². The van der Waals surface area contributed by atoms with E-state index in [-0.39, 0.29) is 18.4 Å². The Morgan fingerprint density at radius 3 is 2.40 bits per heavy atom. The van der Waals surface area contributed by atoms with E-state index in [1.54, 1.807) is 0 Å². The third-order valence-corrected chi connectivity index (χ3v) is 4.64. The van der Waals surface area contributed by atoms with Crippen LogP contribution in [0.2, 0.25) is 0 Å². The Labute approximate surface area is 118 Å². The molecular weight excluding hydrogens is 254 g/mol. The lowest BCUT2D eigenvalue weighted by molar-refractivity contribution is -0.134. The molecular formula is C16H19NO3. The highest BCUT2D eigenvalue weighted by Crippen LogP contribution is 2.42. The third kappa shape index (κ3) is 2.09. The largest absolute Gasteiger partial charge is 0.448 e. The van der Waals surface area contributed by atoms with Crippen LogP contribution in [0.5, 0.6) is 0 Å². The first-order valence-corrected chi connectivity index (χ1v) is 7.27. The minimum Gasteiger partial charge on any atom is -0.448 e. The molecule has 1 saturated heterocycles. The average Bonchev–Trinajstić information content (AvgIpc) is 2.50. The molecule has 2 fully saturated rings. The number of hydrogen-bond donors (Lipinski definition) is 1. The van der Waals surface area contributed by atoms with Gasteiger partial charge in [-0.2, -0.15) is 0 Å². The number of hydrogen-bond acceptors (Lipinski definition) is 3. The molecule has 0 aromatic heterocycles. The van der Waals surface area contributed by atoms with Crippen LogP contribution in [0.3, 0.4) is 0 Å². The van der Waals surface area contributed by atoms with Crippen LogP contribution < -0.4 is 5.32 Å². The number of carbonyl (C=O) groups excluding carboxylic acids is 2. The van der Waals surface area contributed by atoms with Crippen LogP contribution in [0.25, 0.3) is 0 Å². The maximum Gasteiger partial charge on any atom is 0.413 e. The van der Waals surface area contributed by atoms with Crippen LogP contribution in [0.1, 0.15) is 37.7 Å². The van der Waals surface area contributed by atoms with Gasteiger partial charge >= 0.3 is 6.09 Å². The lowest BCUT2D eigenvalue weighted by Crippen LogP contribution is -2.59. The number of alkyl carbamates (subject to hydrolysis) is 1. The Hall–Kier alpha value is -1.84. The van der Waals surface area contributed by atoms with Gasteiger partial charge in [-0.15, -0.1) is 0 Å². The van der Waals surface area contributed by atoms with Gasteiger partial charge in [-0.1, -0.05) is 49.6 Å². The zero-order valence-electron chi connectivity index (χ0n) is 11.4. The van der Waals surface area contributed by atoms with Crippen molar-refractivity contribution in [3.8, 4) is 0 Å². The van der Waals surface area contributed by atoms with Gasteiger partial charge in [-0.05, 0) is 24.3 Å². The van der Waals surface area contributed by atoms with Crippen LogP contribution in [0.4, 0.5) is 4.79 Å². The van der Waals surface area contributed by atoms with E-state index < -0.39 is 11.5 Å². The van der Waals surface area contributed by atoms with Crippen molar-refractivity contribution >= 4 is 12.0 Å². The van der Waals surface area contributed by atoms with E-state index in [4.69, 9.17) is 4.74 Å². The van der Waals surface area contributed by atoms with E-state index >= 15 is 0 Å². The van der Waals surface area contributed by atoms with Crippen molar-refractivity contribution in [2.45, 2.75) is 37.5 Å². The molecule has 20 heavy (non-hydrogen) atoms. The molecule has 2 amide bonds. The predicted octanol–water partition coefficient (Wildman–Crippen LogP) is 2.77. The van der Waals surface area contributed by atoms with Gasteiger partial charge in [-0.25, -0.2) is 4.79 Å². The molecule has 0 radical (unpaired) electrons. The number of cyclic esters (lactones) is 1. The van der Waals surface area contributed by atoms with Gasteiger partial charge in [0.1, 0.15) is 12.0 Å². The SMILES string of the molecule is O=C1NC(=O)C(c2ccccc2)(C2CCCCC2)CO1. The summed E-state index contributed by atoms with van der Waals surface area (Å²) >= 11 is 0. The van der Waals surface area contributed by atoms with Crippen molar-refractivity contribution in [2.24, 2.45) is 5.92 Å². The number of carbonyl (C=O) groups is 2. The summed E-state index contributed by atoms with van der Waals surface area (Å²) in [7, 11) is 0. The summed E-state index contributed by atoms with van der Waals surface area (Å²) in [4.78, 5) is 23.9. The Balaban J connectivity index is 2.02. The molecule has 1 saturated carbocycles. The molecule has 4 heteroatoms. The van der Waals surface area contributed by atoms with Crippen molar-refractivity contribution in [1.82, 2.24) is 5.32 Å². The Kier molecular flexibility index (Phi) is 3.47. The number of rotatable bonds is 2. The summed E-state index contributed by atoms with van der Waals surface area (Å²) in [5.74, 6) is 0.0404. The van der Waals surface area contributed by atoms with Crippen molar-refractivity contribution in [1.29, 1.82) is 0 Å². The average molecular weight is 273 g/mol. The van der Waals surface area contributed by atoms with Gasteiger partial charge in [0.2, 0.25) is 5.91 Å². The summed E-state index contributed by atoms with van der Waals surface area (Å²) in [6, 6.07) is 9.73. The monoisotopic (exact) mass is 273 g/mol. The minimum atomic E-state index is -0.713. The van der Waals surface area contributed by atoms with E-state index in [0.29, 0.717) is 0 Å². The molecule has 1 atom stereocenters. The first-order valence-electron chi connectivity index (χ1n) is 7.27. The number of benzene rings is 1. The molecule has 3 rings (SSSR count). The second-order valence-corrected chi connectivity index (χ2v) is 5.70. The van der Waals surface area contributed by atoms with E-state index in [1.165, 1.54) is 6.42 Å². The molecule has 1 aromatic carbocycles. The summed E-state index contributed by atoms with van der Waals surface area (Å²) in [6.45, 7) is 0.159. The first-order chi connectivity index (χ1) is 9.73. The summed E-state index contributed by atoms with van der Waals surface area (Å²) < 4.78 is 5.20. The summed E-state index contributed by atoms with van der Waals surface area (Å²) in [6.07, 6.45) is 4.90. The molecule has 1 aliphatic carbocycles. The van der Waals surface area contributed by atoms with E-state index in [2.05, 4.69) is 5.32 Å². The zero-order valence-corrected chi connectivity index (χ0v) is 11.4. The lowest BCUT2D eigenvalue weighted by atomic mass is 9.64. The molecule has 1 N–H and O–H groups in total. The van der Waals surface area contributed by atoms with Crippen molar-refractivity contribution in [3.63, 3.8) is 0 Å². The van der Waals surface area contributed by atoms with Gasteiger partial charge < -0.3 is 4.74 Å². The third-order valence-electron chi connectivity index (χ3n) is 4.64. The van der Waals surface area contributed by atoms with Crippen LogP contribution in [-0.2, 0) is 14.9 Å². The second kappa shape index (κ2) is 5.27. The van der Waals surface area contributed by atoms with Gasteiger partial charge in [0.25, 0.3) is 0 Å². The molecule has 0 spiro atoms. The van der Waals surface area contributed by atoms with Crippen LogP contribution in [0.15, 0.2) is 30.3 Å². The molecule has 1 heterocycles. The number of amides is 2.